The third kappa shape index (κ3) is 2.64. The predicted octanol–water partition coefficient (Wildman–Crippen LogP) is 1.77. The normalized spacial score (nSPS) is 29.4. The number of aliphatic carboxylic acids is 1. The predicted molar refractivity (Wildman–Crippen MR) is 45.3 cm³/mol. The first-order valence-electron chi connectivity index (χ1n) is 4.64. The lowest BCUT2D eigenvalue weighted by Gasteiger charge is -2.23. The van der Waals surface area contributed by atoms with Crippen molar-refractivity contribution >= 4 is 5.97 Å². The van der Waals surface area contributed by atoms with Gasteiger partial charge in [0.1, 0.15) is 0 Å². The van der Waals surface area contributed by atoms with Gasteiger partial charge in [-0.25, -0.2) is 8.78 Å². The summed E-state index contributed by atoms with van der Waals surface area (Å²) in [6, 6.07) is 0. The summed E-state index contributed by atoms with van der Waals surface area (Å²) in [4.78, 5) is 10.4. The Kier molecular flexibility index (Phi) is 3.80. The summed E-state index contributed by atoms with van der Waals surface area (Å²) in [6.07, 6.45) is -2.78. The van der Waals surface area contributed by atoms with E-state index in [1.165, 1.54) is 0 Å². The van der Waals surface area contributed by atoms with Crippen LogP contribution in [0.2, 0.25) is 0 Å². The summed E-state index contributed by atoms with van der Waals surface area (Å²) in [6.45, 7) is 2.17. The van der Waals surface area contributed by atoms with E-state index < -0.39 is 24.7 Å². The van der Waals surface area contributed by atoms with Crippen molar-refractivity contribution in [3.05, 3.63) is 0 Å². The van der Waals surface area contributed by atoms with Crippen molar-refractivity contribution in [2.45, 2.75) is 32.3 Å². The Morgan fingerprint density at radius 1 is 1.64 bits per heavy atom. The van der Waals surface area contributed by atoms with Gasteiger partial charge in [0.2, 0.25) is 6.43 Å². The van der Waals surface area contributed by atoms with E-state index in [1.807, 2.05) is 0 Å². The molecule has 0 aliphatic carbocycles. The molecule has 5 heteroatoms. The molecule has 0 radical (unpaired) electrons. The molecule has 3 unspecified atom stereocenters. The van der Waals surface area contributed by atoms with Crippen LogP contribution in [-0.2, 0) is 9.53 Å². The molecular weight excluding hydrogens is 194 g/mol. The monoisotopic (exact) mass is 208 g/mol. The maximum absolute atomic E-state index is 12.6. The number of alkyl halides is 2. The van der Waals surface area contributed by atoms with Crippen LogP contribution in [0.1, 0.15) is 19.8 Å². The quantitative estimate of drug-likeness (QED) is 0.765. The molecule has 3 nitrogen and oxygen atoms in total. The first-order chi connectivity index (χ1) is 6.52. The maximum atomic E-state index is 12.6. The average Bonchev–Trinajstić information content (AvgIpc) is 2.46. The minimum Gasteiger partial charge on any atom is -0.481 e. The van der Waals surface area contributed by atoms with Gasteiger partial charge >= 0.3 is 5.97 Å². The number of carboxylic acids is 1. The molecule has 0 aromatic rings. The average molecular weight is 208 g/mol. The fourth-order valence-electron chi connectivity index (χ4n) is 1.94. The van der Waals surface area contributed by atoms with Gasteiger partial charge in [-0.2, -0.15) is 0 Å². The number of ether oxygens (including phenoxy) is 1. The van der Waals surface area contributed by atoms with E-state index in [9.17, 15) is 13.6 Å². The molecule has 0 amide bonds. The molecule has 1 heterocycles. The number of rotatable bonds is 4. The summed E-state index contributed by atoms with van der Waals surface area (Å²) in [5.41, 5.74) is 0. The molecule has 0 bridgehead atoms. The van der Waals surface area contributed by atoms with Crippen molar-refractivity contribution in [1.29, 1.82) is 0 Å². The lowest BCUT2D eigenvalue weighted by Crippen LogP contribution is -2.29. The minimum absolute atomic E-state index is 0.256. The first-order valence-corrected chi connectivity index (χ1v) is 4.64. The van der Waals surface area contributed by atoms with Crippen molar-refractivity contribution in [2.75, 3.05) is 6.61 Å². The summed E-state index contributed by atoms with van der Waals surface area (Å²) in [7, 11) is 0. The lowest BCUT2D eigenvalue weighted by molar-refractivity contribution is -0.140. The Balaban J connectivity index is 2.61. The van der Waals surface area contributed by atoms with Crippen molar-refractivity contribution in [3.63, 3.8) is 0 Å². The van der Waals surface area contributed by atoms with Crippen LogP contribution in [-0.4, -0.2) is 30.2 Å². The van der Waals surface area contributed by atoms with Crippen molar-refractivity contribution < 1.29 is 23.4 Å². The summed E-state index contributed by atoms with van der Waals surface area (Å²) in [5, 5.41) is 8.51. The van der Waals surface area contributed by atoms with Crippen molar-refractivity contribution in [3.8, 4) is 0 Å². The molecule has 1 N–H and O–H groups in total. The second kappa shape index (κ2) is 4.68. The zero-order chi connectivity index (χ0) is 10.7. The maximum Gasteiger partial charge on any atom is 0.303 e. The number of carbonyl (C=O) groups is 1. The van der Waals surface area contributed by atoms with E-state index in [-0.39, 0.29) is 12.0 Å². The van der Waals surface area contributed by atoms with Crippen LogP contribution in [0.3, 0.4) is 0 Å². The Morgan fingerprint density at radius 2 is 2.29 bits per heavy atom. The Labute approximate surface area is 81.1 Å². The highest BCUT2D eigenvalue weighted by molar-refractivity contribution is 5.67. The number of carboxylic acid groups (broad SMARTS) is 1. The highest BCUT2D eigenvalue weighted by Crippen LogP contribution is 2.34. The zero-order valence-corrected chi connectivity index (χ0v) is 7.95. The first kappa shape index (κ1) is 11.4. The molecule has 14 heavy (non-hydrogen) atoms. The van der Waals surface area contributed by atoms with E-state index >= 15 is 0 Å². The SMILES string of the molecule is CC1OCCC1C(CC(=O)O)C(F)F. The van der Waals surface area contributed by atoms with Gasteiger partial charge in [-0.1, -0.05) is 0 Å². The fraction of sp³-hybridized carbons (Fsp3) is 0.889. The fourth-order valence-corrected chi connectivity index (χ4v) is 1.94. The second-order valence-electron chi connectivity index (χ2n) is 3.62. The summed E-state index contributed by atoms with van der Waals surface area (Å²) in [5.74, 6) is -2.58. The Morgan fingerprint density at radius 3 is 2.64 bits per heavy atom. The largest absolute Gasteiger partial charge is 0.481 e. The van der Waals surface area contributed by atoms with Crippen molar-refractivity contribution in [2.24, 2.45) is 11.8 Å². The van der Waals surface area contributed by atoms with Crippen LogP contribution in [0, 0.1) is 11.8 Å². The number of hydrogen-bond donors (Lipinski definition) is 1. The van der Waals surface area contributed by atoms with Gasteiger partial charge in [-0.05, 0) is 19.3 Å². The van der Waals surface area contributed by atoms with Gasteiger partial charge in [0.05, 0.1) is 12.5 Å². The van der Waals surface area contributed by atoms with E-state index in [0.29, 0.717) is 13.0 Å². The molecule has 0 spiro atoms. The van der Waals surface area contributed by atoms with Crippen LogP contribution >= 0.6 is 0 Å². The van der Waals surface area contributed by atoms with Gasteiger partial charge in [-0.3, -0.25) is 4.79 Å². The third-order valence-corrected chi connectivity index (χ3v) is 2.72. The molecule has 1 rings (SSSR count). The number of hydrogen-bond acceptors (Lipinski definition) is 2. The molecule has 0 aromatic carbocycles. The van der Waals surface area contributed by atoms with Crippen LogP contribution in [0.15, 0.2) is 0 Å². The van der Waals surface area contributed by atoms with E-state index in [1.54, 1.807) is 6.92 Å². The highest BCUT2D eigenvalue weighted by atomic mass is 19.3. The Bertz CT molecular complexity index is 208. The van der Waals surface area contributed by atoms with E-state index in [4.69, 9.17) is 9.84 Å². The molecule has 3 atom stereocenters. The highest BCUT2D eigenvalue weighted by Gasteiger charge is 2.38. The smallest absolute Gasteiger partial charge is 0.303 e. The van der Waals surface area contributed by atoms with Gasteiger partial charge < -0.3 is 9.84 Å². The van der Waals surface area contributed by atoms with Gasteiger partial charge in [0.25, 0.3) is 0 Å². The van der Waals surface area contributed by atoms with Gasteiger partial charge in [-0.15, -0.1) is 0 Å². The molecule has 1 fully saturated rings. The van der Waals surface area contributed by atoms with Gasteiger partial charge in [0, 0.05) is 12.5 Å². The lowest BCUT2D eigenvalue weighted by atomic mass is 9.85. The molecule has 1 saturated heterocycles. The molecule has 0 aromatic heterocycles. The Hall–Kier alpha value is -0.710. The summed E-state index contributed by atoms with van der Waals surface area (Å²) < 4.78 is 30.3. The number of halogens is 2. The standard InChI is InChI=1S/C9H14F2O3/c1-5-6(2-3-14-5)7(9(10)11)4-8(12)13/h5-7,9H,2-4H2,1H3,(H,12,13). The van der Waals surface area contributed by atoms with Crippen molar-refractivity contribution in [1.82, 2.24) is 0 Å². The molecule has 82 valence electrons. The molecule has 1 aliphatic rings. The van der Waals surface area contributed by atoms with Gasteiger partial charge in [0.15, 0.2) is 0 Å². The topological polar surface area (TPSA) is 46.5 Å². The summed E-state index contributed by atoms with van der Waals surface area (Å²) >= 11 is 0. The third-order valence-electron chi connectivity index (χ3n) is 2.72. The zero-order valence-electron chi connectivity index (χ0n) is 7.95. The minimum atomic E-state index is -2.58. The van der Waals surface area contributed by atoms with Crippen LogP contribution < -0.4 is 0 Å². The van der Waals surface area contributed by atoms with Crippen LogP contribution in [0.25, 0.3) is 0 Å². The molecule has 0 saturated carbocycles. The molecule has 1 aliphatic heterocycles. The van der Waals surface area contributed by atoms with Crippen LogP contribution in [0.5, 0.6) is 0 Å². The second-order valence-corrected chi connectivity index (χ2v) is 3.62. The van der Waals surface area contributed by atoms with Crippen LogP contribution in [0.4, 0.5) is 8.78 Å². The van der Waals surface area contributed by atoms with E-state index in [2.05, 4.69) is 0 Å². The van der Waals surface area contributed by atoms with E-state index in [0.717, 1.165) is 0 Å². The molecular formula is C9H14F2O3.